The maximum absolute atomic E-state index is 8.90. The zero-order chi connectivity index (χ0) is 12.1. The van der Waals surface area contributed by atoms with Crippen molar-refractivity contribution in [3.05, 3.63) is 47.8 Å². The summed E-state index contributed by atoms with van der Waals surface area (Å²) in [4.78, 5) is 8.99. The van der Waals surface area contributed by atoms with Crippen LogP contribution in [0.15, 0.2) is 46.7 Å². The molecule has 5 heteroatoms. The van der Waals surface area contributed by atoms with Gasteiger partial charge in [-0.3, -0.25) is 0 Å². The summed E-state index contributed by atoms with van der Waals surface area (Å²) >= 11 is 1.35. The monoisotopic (exact) mass is 238 g/mol. The van der Waals surface area contributed by atoms with Crippen molar-refractivity contribution >= 4 is 11.8 Å². The Labute approximate surface area is 103 Å². The third-order valence-electron chi connectivity index (χ3n) is 1.98. The van der Waals surface area contributed by atoms with Gasteiger partial charge in [0.1, 0.15) is 12.1 Å². The van der Waals surface area contributed by atoms with Gasteiger partial charge in [-0.2, -0.15) is 10.5 Å². The van der Waals surface area contributed by atoms with Crippen LogP contribution < -0.4 is 0 Å². The molecular formula is C12H6N4S. The molecule has 0 fully saturated rings. The Morgan fingerprint density at radius 3 is 2.35 bits per heavy atom. The lowest BCUT2D eigenvalue weighted by molar-refractivity contribution is 0.967. The highest BCUT2D eigenvalue weighted by molar-refractivity contribution is 7.99. The lowest BCUT2D eigenvalue weighted by Crippen LogP contribution is -1.86. The van der Waals surface area contributed by atoms with E-state index >= 15 is 0 Å². The van der Waals surface area contributed by atoms with Crippen LogP contribution in [-0.2, 0) is 0 Å². The number of aromatic nitrogens is 2. The summed E-state index contributed by atoms with van der Waals surface area (Å²) in [5.41, 5.74) is 0.749. The minimum Gasteiger partial charge on any atom is -0.231 e. The van der Waals surface area contributed by atoms with E-state index in [9.17, 15) is 0 Å². The van der Waals surface area contributed by atoms with Crippen molar-refractivity contribution in [2.45, 2.75) is 10.1 Å². The zero-order valence-electron chi connectivity index (χ0n) is 8.66. The summed E-state index contributed by atoms with van der Waals surface area (Å²) in [5.74, 6) is 0. The molecule has 4 nitrogen and oxygen atoms in total. The summed E-state index contributed by atoms with van der Waals surface area (Å²) < 4.78 is 0. The number of hydrogen-bond donors (Lipinski definition) is 0. The molecule has 1 aromatic carbocycles. The number of nitriles is 2. The average molecular weight is 238 g/mol. The minimum atomic E-state index is 0.369. The molecule has 0 saturated heterocycles. The third-order valence-corrected chi connectivity index (χ3v) is 2.87. The van der Waals surface area contributed by atoms with E-state index in [1.807, 2.05) is 12.1 Å². The van der Waals surface area contributed by atoms with E-state index in [0.29, 0.717) is 16.3 Å². The van der Waals surface area contributed by atoms with Crippen molar-refractivity contribution in [1.82, 2.24) is 9.97 Å². The van der Waals surface area contributed by atoms with Crippen molar-refractivity contribution in [1.29, 1.82) is 10.5 Å². The molecule has 0 bridgehead atoms. The Balaban J connectivity index is 2.30. The Bertz CT molecular complexity index is 611. The van der Waals surface area contributed by atoms with Gasteiger partial charge in [0.05, 0.1) is 11.1 Å². The predicted molar refractivity (Wildman–Crippen MR) is 62.0 cm³/mol. The first kappa shape index (κ1) is 11.1. The van der Waals surface area contributed by atoms with Gasteiger partial charge in [-0.1, -0.05) is 0 Å². The molecule has 0 aliphatic carbocycles. The fourth-order valence-electron chi connectivity index (χ4n) is 1.22. The third kappa shape index (κ3) is 2.60. The van der Waals surface area contributed by atoms with Crippen molar-refractivity contribution in [2.75, 3.05) is 0 Å². The fourth-order valence-corrected chi connectivity index (χ4v) is 1.97. The molecule has 0 saturated carbocycles. The molecule has 1 heterocycles. The molecular weight excluding hydrogens is 232 g/mol. The lowest BCUT2D eigenvalue weighted by atomic mass is 10.1. The largest absolute Gasteiger partial charge is 0.231 e. The molecule has 0 amide bonds. The molecule has 0 spiro atoms. The van der Waals surface area contributed by atoms with Crippen LogP contribution in [0.2, 0.25) is 0 Å². The van der Waals surface area contributed by atoms with Crippen LogP contribution in [0.3, 0.4) is 0 Å². The number of rotatable bonds is 2. The molecule has 17 heavy (non-hydrogen) atoms. The van der Waals surface area contributed by atoms with E-state index < -0.39 is 0 Å². The molecule has 2 rings (SSSR count). The summed E-state index contributed by atoms with van der Waals surface area (Å²) in [7, 11) is 0. The molecule has 80 valence electrons. The summed E-state index contributed by atoms with van der Waals surface area (Å²) in [6.45, 7) is 0. The van der Waals surface area contributed by atoms with Gasteiger partial charge in [0, 0.05) is 17.3 Å². The highest BCUT2D eigenvalue weighted by atomic mass is 32.2. The maximum atomic E-state index is 8.90. The first-order valence-electron chi connectivity index (χ1n) is 4.72. The van der Waals surface area contributed by atoms with Gasteiger partial charge in [0.25, 0.3) is 0 Å². The van der Waals surface area contributed by atoms with Gasteiger partial charge < -0.3 is 0 Å². The standard InChI is InChI=1S/C12H6N4S/c13-7-9-2-3-11(6-10(9)8-14)17-12-15-4-1-5-16-12/h1-6H. The second-order valence-electron chi connectivity index (χ2n) is 3.06. The number of nitrogens with zero attached hydrogens (tertiary/aromatic N) is 4. The Hall–Kier alpha value is -2.37. The molecule has 0 atom stereocenters. The van der Waals surface area contributed by atoms with Crippen LogP contribution >= 0.6 is 11.8 Å². The van der Waals surface area contributed by atoms with Gasteiger partial charge in [-0.25, -0.2) is 9.97 Å². The second kappa shape index (κ2) is 5.11. The maximum Gasteiger partial charge on any atom is 0.192 e. The Morgan fingerprint density at radius 2 is 1.71 bits per heavy atom. The first-order chi connectivity index (χ1) is 8.33. The van der Waals surface area contributed by atoms with Gasteiger partial charge in [-0.15, -0.1) is 0 Å². The number of benzene rings is 1. The van der Waals surface area contributed by atoms with Crippen LogP contribution in [0.25, 0.3) is 0 Å². The molecule has 0 aliphatic heterocycles. The fraction of sp³-hybridized carbons (Fsp3) is 0. The van der Waals surface area contributed by atoms with Crippen molar-refractivity contribution in [2.24, 2.45) is 0 Å². The second-order valence-corrected chi connectivity index (χ2v) is 4.11. The summed E-state index contributed by atoms with van der Waals surface area (Å²) in [6, 6.07) is 10.8. The molecule has 2 aromatic rings. The van der Waals surface area contributed by atoms with Gasteiger partial charge in [0.2, 0.25) is 0 Å². The summed E-state index contributed by atoms with van der Waals surface area (Å²) in [5, 5.41) is 18.3. The molecule has 1 aromatic heterocycles. The zero-order valence-corrected chi connectivity index (χ0v) is 9.48. The van der Waals surface area contributed by atoms with Crippen LogP contribution in [0.4, 0.5) is 0 Å². The van der Waals surface area contributed by atoms with Crippen LogP contribution in [-0.4, -0.2) is 9.97 Å². The highest BCUT2D eigenvalue weighted by Crippen LogP contribution is 2.25. The number of hydrogen-bond acceptors (Lipinski definition) is 5. The van der Waals surface area contributed by atoms with Crippen LogP contribution in [0.1, 0.15) is 11.1 Å². The van der Waals surface area contributed by atoms with E-state index in [1.54, 1.807) is 36.7 Å². The Kier molecular flexibility index (Phi) is 3.34. The van der Waals surface area contributed by atoms with Gasteiger partial charge in [-0.05, 0) is 36.0 Å². The van der Waals surface area contributed by atoms with Gasteiger partial charge >= 0.3 is 0 Å². The molecule has 0 N–H and O–H groups in total. The van der Waals surface area contributed by atoms with E-state index in [4.69, 9.17) is 10.5 Å². The molecule has 0 unspecified atom stereocenters. The van der Waals surface area contributed by atoms with E-state index in [1.165, 1.54) is 11.8 Å². The Morgan fingerprint density at radius 1 is 1.00 bits per heavy atom. The van der Waals surface area contributed by atoms with E-state index in [0.717, 1.165) is 4.90 Å². The lowest BCUT2D eigenvalue weighted by Gasteiger charge is -2.00. The van der Waals surface area contributed by atoms with Crippen molar-refractivity contribution in [3.63, 3.8) is 0 Å². The SMILES string of the molecule is N#Cc1ccc(Sc2ncccn2)cc1C#N. The average Bonchev–Trinajstić information content (AvgIpc) is 2.40. The first-order valence-corrected chi connectivity index (χ1v) is 5.54. The van der Waals surface area contributed by atoms with Crippen LogP contribution in [0.5, 0.6) is 0 Å². The van der Waals surface area contributed by atoms with Crippen LogP contribution in [0, 0.1) is 22.7 Å². The van der Waals surface area contributed by atoms with E-state index in [2.05, 4.69) is 9.97 Å². The van der Waals surface area contributed by atoms with Crippen molar-refractivity contribution in [3.8, 4) is 12.1 Å². The minimum absolute atomic E-state index is 0.369. The van der Waals surface area contributed by atoms with E-state index in [-0.39, 0.29) is 0 Å². The molecule has 0 aliphatic rings. The predicted octanol–water partition coefficient (Wildman–Crippen LogP) is 2.37. The quantitative estimate of drug-likeness (QED) is 0.751. The van der Waals surface area contributed by atoms with Crippen molar-refractivity contribution < 1.29 is 0 Å². The summed E-state index contributed by atoms with van der Waals surface area (Å²) in [6.07, 6.45) is 3.31. The molecule has 0 radical (unpaired) electrons. The van der Waals surface area contributed by atoms with Gasteiger partial charge in [0.15, 0.2) is 5.16 Å². The highest BCUT2D eigenvalue weighted by Gasteiger charge is 2.05. The topological polar surface area (TPSA) is 73.4 Å². The smallest absolute Gasteiger partial charge is 0.192 e. The normalized spacial score (nSPS) is 9.29.